The van der Waals surface area contributed by atoms with Crippen molar-refractivity contribution in [2.45, 2.75) is 19.8 Å². The van der Waals surface area contributed by atoms with Crippen molar-refractivity contribution in [3.8, 4) is 5.75 Å². The zero-order valence-electron chi connectivity index (χ0n) is 13.1. The first-order valence-electron chi connectivity index (χ1n) is 7.84. The molecular formula is C19H20N2O2. The molecule has 118 valence electrons. The smallest absolute Gasteiger partial charge is 0.224 e. The third kappa shape index (κ3) is 3.54. The topological polar surface area (TPSA) is 54.1 Å². The Bertz CT molecular complexity index is 808. The number of carbonyl (C=O) groups excluding carboxylic acids is 1. The van der Waals surface area contributed by atoms with Crippen molar-refractivity contribution in [2.75, 3.05) is 11.9 Å². The fraction of sp³-hybridized carbons (Fsp3) is 0.211. The molecule has 0 aliphatic carbocycles. The number of aryl methyl sites for hydroxylation is 1. The zero-order valence-corrected chi connectivity index (χ0v) is 13.1. The molecule has 0 bridgehead atoms. The average Bonchev–Trinajstić information content (AvgIpc) is 2.98. The molecule has 0 fully saturated rings. The Morgan fingerprint density at radius 2 is 1.91 bits per heavy atom. The molecule has 0 saturated carbocycles. The van der Waals surface area contributed by atoms with Crippen LogP contribution in [0.3, 0.4) is 0 Å². The molecular weight excluding hydrogens is 288 g/mol. The molecule has 2 N–H and O–H groups in total. The van der Waals surface area contributed by atoms with Crippen LogP contribution in [0.4, 0.5) is 5.69 Å². The molecule has 1 aromatic heterocycles. The molecule has 0 atom stereocenters. The summed E-state index contributed by atoms with van der Waals surface area (Å²) in [6.45, 7) is 2.50. The van der Waals surface area contributed by atoms with E-state index in [1.807, 2.05) is 55.6 Å². The van der Waals surface area contributed by atoms with Crippen LogP contribution in [0.2, 0.25) is 0 Å². The van der Waals surface area contributed by atoms with Gasteiger partial charge in [0.1, 0.15) is 5.75 Å². The highest BCUT2D eigenvalue weighted by atomic mass is 16.5. The van der Waals surface area contributed by atoms with E-state index in [2.05, 4.69) is 16.4 Å². The van der Waals surface area contributed by atoms with Crippen LogP contribution in [0, 0.1) is 0 Å². The van der Waals surface area contributed by atoms with Gasteiger partial charge in [0.15, 0.2) is 0 Å². The number of benzene rings is 2. The van der Waals surface area contributed by atoms with Gasteiger partial charge in [-0.25, -0.2) is 0 Å². The van der Waals surface area contributed by atoms with Gasteiger partial charge < -0.3 is 15.0 Å². The number of ether oxygens (including phenoxy) is 1. The van der Waals surface area contributed by atoms with Crippen LogP contribution in [0.15, 0.2) is 54.7 Å². The monoisotopic (exact) mass is 308 g/mol. The molecule has 1 heterocycles. The lowest BCUT2D eigenvalue weighted by molar-refractivity contribution is -0.116. The van der Waals surface area contributed by atoms with Crippen molar-refractivity contribution in [2.24, 2.45) is 0 Å². The Morgan fingerprint density at radius 3 is 2.78 bits per heavy atom. The lowest BCUT2D eigenvalue weighted by atomic mass is 10.1. The molecule has 3 aromatic rings. The van der Waals surface area contributed by atoms with Gasteiger partial charge in [0.05, 0.1) is 12.3 Å². The molecule has 0 radical (unpaired) electrons. The van der Waals surface area contributed by atoms with E-state index in [0.717, 1.165) is 16.8 Å². The van der Waals surface area contributed by atoms with Gasteiger partial charge in [0, 0.05) is 23.5 Å². The van der Waals surface area contributed by atoms with Gasteiger partial charge in [-0.05, 0) is 37.1 Å². The van der Waals surface area contributed by atoms with Gasteiger partial charge in [-0.2, -0.15) is 0 Å². The number of H-pyrrole nitrogens is 1. The van der Waals surface area contributed by atoms with E-state index in [-0.39, 0.29) is 5.91 Å². The summed E-state index contributed by atoms with van der Waals surface area (Å²) in [6.07, 6.45) is 3.11. The molecule has 0 aliphatic heterocycles. The van der Waals surface area contributed by atoms with Gasteiger partial charge in [0.25, 0.3) is 0 Å². The number of amides is 1. The normalized spacial score (nSPS) is 10.7. The second-order valence-corrected chi connectivity index (χ2v) is 5.34. The molecule has 1 amide bonds. The summed E-state index contributed by atoms with van der Waals surface area (Å²) in [5.74, 6) is 0.692. The van der Waals surface area contributed by atoms with Crippen molar-refractivity contribution in [3.63, 3.8) is 0 Å². The maximum Gasteiger partial charge on any atom is 0.224 e. The second kappa shape index (κ2) is 7.01. The molecule has 2 aromatic carbocycles. The lowest BCUT2D eigenvalue weighted by Crippen LogP contribution is -2.13. The molecule has 3 rings (SSSR count). The van der Waals surface area contributed by atoms with Gasteiger partial charge in [0.2, 0.25) is 5.91 Å². The first-order chi connectivity index (χ1) is 11.3. The number of aromatic nitrogens is 1. The SMILES string of the molecule is CCOc1ccccc1NC(=O)CCc1c[nH]c2ccccc12. The van der Waals surface area contributed by atoms with Crippen molar-refractivity contribution in [1.82, 2.24) is 4.98 Å². The second-order valence-electron chi connectivity index (χ2n) is 5.34. The van der Waals surface area contributed by atoms with Crippen LogP contribution in [0.1, 0.15) is 18.9 Å². The van der Waals surface area contributed by atoms with E-state index in [0.29, 0.717) is 25.2 Å². The maximum absolute atomic E-state index is 12.2. The van der Waals surface area contributed by atoms with Crippen molar-refractivity contribution in [1.29, 1.82) is 0 Å². The summed E-state index contributed by atoms with van der Waals surface area (Å²) in [4.78, 5) is 15.5. The first kappa shape index (κ1) is 15.2. The molecule has 0 saturated heterocycles. The quantitative estimate of drug-likeness (QED) is 0.719. The largest absolute Gasteiger partial charge is 0.492 e. The highest BCUT2D eigenvalue weighted by molar-refractivity contribution is 5.93. The minimum absolute atomic E-state index is 0.0116. The Labute approximate surface area is 135 Å². The summed E-state index contributed by atoms with van der Waals surface area (Å²) < 4.78 is 5.53. The van der Waals surface area contributed by atoms with Gasteiger partial charge in [-0.1, -0.05) is 30.3 Å². The summed E-state index contributed by atoms with van der Waals surface area (Å²) in [6, 6.07) is 15.6. The van der Waals surface area contributed by atoms with E-state index < -0.39 is 0 Å². The zero-order chi connectivity index (χ0) is 16.1. The number of hydrogen-bond acceptors (Lipinski definition) is 2. The molecule has 4 heteroatoms. The highest BCUT2D eigenvalue weighted by Gasteiger charge is 2.09. The van der Waals surface area contributed by atoms with Crippen LogP contribution < -0.4 is 10.1 Å². The van der Waals surface area contributed by atoms with E-state index in [1.165, 1.54) is 5.39 Å². The number of carbonyl (C=O) groups is 1. The van der Waals surface area contributed by atoms with Crippen LogP contribution in [0.25, 0.3) is 10.9 Å². The van der Waals surface area contributed by atoms with Crippen molar-refractivity contribution < 1.29 is 9.53 Å². The van der Waals surface area contributed by atoms with Crippen LogP contribution in [-0.4, -0.2) is 17.5 Å². The number of fused-ring (bicyclic) bond motifs is 1. The van der Waals surface area contributed by atoms with Crippen molar-refractivity contribution in [3.05, 3.63) is 60.3 Å². The molecule has 4 nitrogen and oxygen atoms in total. The average molecular weight is 308 g/mol. The fourth-order valence-corrected chi connectivity index (χ4v) is 2.65. The summed E-state index contributed by atoms with van der Waals surface area (Å²) in [5, 5.41) is 4.11. The number of nitrogens with one attached hydrogen (secondary N) is 2. The number of aromatic amines is 1. The van der Waals surface area contributed by atoms with Gasteiger partial charge >= 0.3 is 0 Å². The fourth-order valence-electron chi connectivity index (χ4n) is 2.65. The van der Waals surface area contributed by atoms with Gasteiger partial charge in [-0.15, -0.1) is 0 Å². The van der Waals surface area contributed by atoms with Crippen LogP contribution >= 0.6 is 0 Å². The van der Waals surface area contributed by atoms with E-state index in [4.69, 9.17) is 4.74 Å². The first-order valence-corrected chi connectivity index (χ1v) is 7.84. The van der Waals surface area contributed by atoms with E-state index in [1.54, 1.807) is 0 Å². The Morgan fingerprint density at radius 1 is 1.13 bits per heavy atom. The molecule has 0 unspecified atom stereocenters. The Hall–Kier alpha value is -2.75. The third-order valence-electron chi connectivity index (χ3n) is 3.76. The lowest BCUT2D eigenvalue weighted by Gasteiger charge is -2.11. The summed E-state index contributed by atoms with van der Waals surface area (Å²) >= 11 is 0. The predicted octanol–water partition coefficient (Wildman–Crippen LogP) is 4.14. The van der Waals surface area contributed by atoms with Gasteiger partial charge in [-0.3, -0.25) is 4.79 Å². The standard InChI is InChI=1S/C19H20N2O2/c1-2-23-18-10-6-5-9-17(18)21-19(22)12-11-14-13-20-16-8-4-3-7-15(14)16/h3-10,13,20H,2,11-12H2,1H3,(H,21,22). The summed E-state index contributed by atoms with van der Waals surface area (Å²) in [5.41, 5.74) is 2.98. The van der Waals surface area contributed by atoms with Crippen LogP contribution in [-0.2, 0) is 11.2 Å². The molecule has 23 heavy (non-hydrogen) atoms. The number of para-hydroxylation sites is 3. The maximum atomic E-state index is 12.2. The number of rotatable bonds is 6. The third-order valence-corrected chi connectivity index (χ3v) is 3.76. The molecule has 0 spiro atoms. The number of anilines is 1. The number of hydrogen-bond donors (Lipinski definition) is 2. The predicted molar refractivity (Wildman–Crippen MR) is 92.9 cm³/mol. The minimum atomic E-state index is -0.0116. The Kier molecular flexibility index (Phi) is 4.62. The van der Waals surface area contributed by atoms with E-state index >= 15 is 0 Å². The highest BCUT2D eigenvalue weighted by Crippen LogP contribution is 2.24. The Balaban J connectivity index is 1.64. The van der Waals surface area contributed by atoms with Crippen LogP contribution in [0.5, 0.6) is 5.75 Å². The molecule has 0 aliphatic rings. The van der Waals surface area contributed by atoms with Crippen molar-refractivity contribution >= 4 is 22.5 Å². The van der Waals surface area contributed by atoms with E-state index in [9.17, 15) is 4.79 Å². The summed E-state index contributed by atoms with van der Waals surface area (Å²) in [7, 11) is 0. The minimum Gasteiger partial charge on any atom is -0.492 e.